The summed E-state index contributed by atoms with van der Waals surface area (Å²) in [5.41, 5.74) is 1.50. The van der Waals surface area contributed by atoms with Crippen molar-refractivity contribution in [2.45, 2.75) is 19.8 Å². The Morgan fingerprint density at radius 2 is 1.85 bits per heavy atom. The summed E-state index contributed by atoms with van der Waals surface area (Å²) >= 11 is 2.44. The zero-order valence-corrected chi connectivity index (χ0v) is 19.2. The highest BCUT2D eigenvalue weighted by Crippen LogP contribution is 2.30. The van der Waals surface area contributed by atoms with Gasteiger partial charge in [-0.05, 0) is 53.8 Å². The van der Waals surface area contributed by atoms with Crippen LogP contribution >= 0.6 is 23.1 Å². The quantitative estimate of drug-likeness (QED) is 0.245. The predicted octanol–water partition coefficient (Wildman–Crippen LogP) is 5.64. The van der Waals surface area contributed by atoms with Gasteiger partial charge in [0.15, 0.2) is 17.3 Å². The van der Waals surface area contributed by atoms with E-state index in [0.29, 0.717) is 29.6 Å². The Balaban J connectivity index is 1.83. The Hall–Kier alpha value is -3.43. The fourth-order valence-electron chi connectivity index (χ4n) is 3.38. The number of benzene rings is 2. The van der Waals surface area contributed by atoms with E-state index >= 15 is 0 Å². The number of thiophene rings is 1. The van der Waals surface area contributed by atoms with Gasteiger partial charge in [-0.25, -0.2) is 9.18 Å². The van der Waals surface area contributed by atoms with Crippen molar-refractivity contribution >= 4 is 51.4 Å². The second-order valence-electron chi connectivity index (χ2n) is 7.21. The minimum absolute atomic E-state index is 0.0529. The molecule has 0 aliphatic heterocycles. The van der Waals surface area contributed by atoms with Crippen LogP contribution in [0.2, 0.25) is 0 Å². The second-order valence-corrected chi connectivity index (χ2v) is 8.77. The Kier molecular flexibility index (Phi) is 6.90. The summed E-state index contributed by atoms with van der Waals surface area (Å²) < 4.78 is 28.2. The SMILES string of the molecule is CCCOc1ccc(C(=O)C(Cc2cccs2)=C(C(=O)O)c2ccc3nsnc3c2)cc1F. The van der Waals surface area contributed by atoms with Gasteiger partial charge in [-0.1, -0.05) is 19.1 Å². The molecular formula is C24H19FN2O4S2. The molecule has 4 rings (SSSR count). The number of Topliss-reactive ketones (excluding diaryl/α,β-unsaturated/α-hetero) is 1. The molecule has 0 fully saturated rings. The summed E-state index contributed by atoms with van der Waals surface area (Å²) in [4.78, 5) is 26.7. The highest BCUT2D eigenvalue weighted by Gasteiger charge is 2.25. The van der Waals surface area contributed by atoms with Crippen molar-refractivity contribution in [3.8, 4) is 5.75 Å². The first-order valence-corrected chi connectivity index (χ1v) is 11.8. The number of carbonyl (C=O) groups is 2. The fourth-order valence-corrected chi connectivity index (χ4v) is 4.61. The Morgan fingerprint density at radius 3 is 2.55 bits per heavy atom. The molecule has 4 aromatic rings. The number of rotatable bonds is 9. The van der Waals surface area contributed by atoms with Crippen molar-refractivity contribution in [2.24, 2.45) is 0 Å². The number of fused-ring (bicyclic) bond motifs is 1. The first kappa shape index (κ1) is 22.8. The number of allylic oxidation sites excluding steroid dienone is 1. The van der Waals surface area contributed by atoms with Crippen molar-refractivity contribution in [1.82, 2.24) is 8.75 Å². The molecule has 168 valence electrons. The van der Waals surface area contributed by atoms with E-state index in [9.17, 15) is 19.1 Å². The molecule has 1 N–H and O–H groups in total. The number of hydrogen-bond donors (Lipinski definition) is 1. The van der Waals surface area contributed by atoms with Crippen molar-refractivity contribution < 1.29 is 23.8 Å². The molecule has 0 saturated carbocycles. The topological polar surface area (TPSA) is 89.4 Å². The lowest BCUT2D eigenvalue weighted by Gasteiger charge is -2.13. The maximum absolute atomic E-state index is 14.6. The first-order chi connectivity index (χ1) is 16.0. The summed E-state index contributed by atoms with van der Waals surface area (Å²) in [6.45, 7) is 2.26. The van der Waals surface area contributed by atoms with Gasteiger partial charge in [0.05, 0.1) is 23.9 Å². The van der Waals surface area contributed by atoms with Crippen LogP contribution in [0.3, 0.4) is 0 Å². The number of aliphatic carboxylic acids is 1. The maximum Gasteiger partial charge on any atom is 0.336 e. The third-order valence-electron chi connectivity index (χ3n) is 4.92. The van der Waals surface area contributed by atoms with E-state index in [-0.39, 0.29) is 28.9 Å². The average Bonchev–Trinajstić information content (AvgIpc) is 3.48. The van der Waals surface area contributed by atoms with Crippen LogP contribution < -0.4 is 4.74 Å². The zero-order valence-electron chi connectivity index (χ0n) is 17.6. The lowest BCUT2D eigenvalue weighted by molar-refractivity contribution is -0.130. The minimum Gasteiger partial charge on any atom is -0.491 e. The number of ether oxygens (including phenoxy) is 1. The summed E-state index contributed by atoms with van der Waals surface area (Å²) in [5, 5.41) is 12.0. The van der Waals surface area contributed by atoms with Gasteiger partial charge in [0.1, 0.15) is 11.0 Å². The number of halogens is 1. The van der Waals surface area contributed by atoms with Crippen LogP contribution in [0.5, 0.6) is 5.75 Å². The van der Waals surface area contributed by atoms with E-state index in [1.54, 1.807) is 18.2 Å². The number of carboxylic acids is 1. The molecule has 0 unspecified atom stereocenters. The number of ketones is 1. The van der Waals surface area contributed by atoms with Gasteiger partial charge in [-0.15, -0.1) is 11.3 Å². The highest BCUT2D eigenvalue weighted by molar-refractivity contribution is 7.09. The van der Waals surface area contributed by atoms with E-state index in [2.05, 4.69) is 8.75 Å². The Morgan fingerprint density at radius 1 is 1.06 bits per heavy atom. The summed E-state index contributed by atoms with van der Waals surface area (Å²) in [7, 11) is 0. The van der Waals surface area contributed by atoms with Crippen molar-refractivity contribution in [1.29, 1.82) is 0 Å². The molecule has 0 spiro atoms. The fraction of sp³-hybridized carbons (Fsp3) is 0.167. The molecule has 0 amide bonds. The Labute approximate surface area is 197 Å². The number of carbonyl (C=O) groups excluding carboxylic acids is 1. The number of carboxylic acid groups (broad SMARTS) is 1. The molecule has 0 bridgehead atoms. The van der Waals surface area contributed by atoms with Crippen molar-refractivity contribution in [2.75, 3.05) is 6.61 Å². The predicted molar refractivity (Wildman–Crippen MR) is 127 cm³/mol. The largest absolute Gasteiger partial charge is 0.491 e. The van der Waals surface area contributed by atoms with Crippen molar-refractivity contribution in [3.05, 3.63) is 81.3 Å². The number of aromatic nitrogens is 2. The smallest absolute Gasteiger partial charge is 0.336 e. The third-order valence-corrected chi connectivity index (χ3v) is 6.35. The molecule has 0 aliphatic rings. The maximum atomic E-state index is 14.6. The zero-order chi connectivity index (χ0) is 23.4. The minimum atomic E-state index is -1.25. The molecule has 0 radical (unpaired) electrons. The van der Waals surface area contributed by atoms with Gasteiger partial charge in [-0.3, -0.25) is 4.79 Å². The molecule has 2 aromatic carbocycles. The van der Waals surface area contributed by atoms with Crippen LogP contribution in [0.25, 0.3) is 16.6 Å². The summed E-state index contributed by atoms with van der Waals surface area (Å²) in [6.07, 6.45) is 0.815. The molecule has 2 aromatic heterocycles. The second kappa shape index (κ2) is 10.0. The monoisotopic (exact) mass is 482 g/mol. The van der Waals surface area contributed by atoms with Gasteiger partial charge in [0.25, 0.3) is 0 Å². The number of nitrogens with zero attached hydrogens (tertiary/aromatic N) is 2. The van der Waals surface area contributed by atoms with Gasteiger partial charge in [0.2, 0.25) is 0 Å². The molecule has 6 nitrogen and oxygen atoms in total. The first-order valence-electron chi connectivity index (χ1n) is 10.2. The van der Waals surface area contributed by atoms with E-state index in [1.165, 1.54) is 23.5 Å². The molecule has 33 heavy (non-hydrogen) atoms. The van der Waals surface area contributed by atoms with Crippen LogP contribution in [0.1, 0.15) is 34.1 Å². The van der Waals surface area contributed by atoms with Gasteiger partial charge in [-0.2, -0.15) is 8.75 Å². The van der Waals surface area contributed by atoms with Crippen LogP contribution in [-0.4, -0.2) is 32.2 Å². The number of hydrogen-bond acceptors (Lipinski definition) is 7. The van der Waals surface area contributed by atoms with Crippen LogP contribution in [0.4, 0.5) is 4.39 Å². The molecular weight excluding hydrogens is 463 g/mol. The van der Waals surface area contributed by atoms with Gasteiger partial charge in [0, 0.05) is 22.4 Å². The van der Waals surface area contributed by atoms with Crippen LogP contribution in [0.15, 0.2) is 59.5 Å². The molecule has 0 aliphatic carbocycles. The van der Waals surface area contributed by atoms with E-state index in [4.69, 9.17) is 4.74 Å². The molecule has 0 saturated heterocycles. The van der Waals surface area contributed by atoms with Crippen LogP contribution in [-0.2, 0) is 11.2 Å². The van der Waals surface area contributed by atoms with Gasteiger partial charge < -0.3 is 9.84 Å². The lowest BCUT2D eigenvalue weighted by Crippen LogP contribution is -2.14. The van der Waals surface area contributed by atoms with E-state index in [1.807, 2.05) is 24.4 Å². The Bertz CT molecular complexity index is 1350. The van der Waals surface area contributed by atoms with Gasteiger partial charge >= 0.3 is 5.97 Å². The normalized spacial score (nSPS) is 11.9. The molecule has 2 heterocycles. The highest BCUT2D eigenvalue weighted by atomic mass is 32.1. The third kappa shape index (κ3) is 4.99. The molecule has 0 atom stereocenters. The summed E-state index contributed by atoms with van der Waals surface area (Å²) in [5.74, 6) is -2.42. The summed E-state index contributed by atoms with van der Waals surface area (Å²) in [6, 6.07) is 12.5. The van der Waals surface area contributed by atoms with E-state index < -0.39 is 17.6 Å². The van der Waals surface area contributed by atoms with Crippen LogP contribution in [0, 0.1) is 5.82 Å². The average molecular weight is 483 g/mol. The van der Waals surface area contributed by atoms with E-state index in [0.717, 1.165) is 22.7 Å². The molecule has 9 heteroatoms. The lowest BCUT2D eigenvalue weighted by atomic mass is 9.91. The van der Waals surface area contributed by atoms with Crippen molar-refractivity contribution in [3.63, 3.8) is 0 Å². The standard InChI is InChI=1S/C24H19FN2O4S2/c1-2-9-31-21-8-6-15(11-18(21)25)23(28)17(13-16-4-3-10-32-16)22(24(29)30)14-5-7-19-20(12-14)27-33-26-19/h3-8,10-12H,2,9,13H2,1H3,(H,29,30).